The molecule has 116 valence electrons. The number of rotatable bonds is 10. The lowest BCUT2D eigenvalue weighted by atomic mass is 10.2. The number of nitrogens with one attached hydrogen (secondary N) is 1. The Morgan fingerprint density at radius 3 is 2.38 bits per heavy atom. The molecular weight excluding hydrogens is 272 g/mol. The number of carbonyl (C=O) groups excluding carboxylic acids is 2. The second-order valence-corrected chi connectivity index (χ2v) is 4.67. The van der Waals surface area contributed by atoms with Crippen LogP contribution < -0.4 is 15.8 Å². The van der Waals surface area contributed by atoms with Crippen molar-refractivity contribution >= 4 is 11.8 Å². The van der Waals surface area contributed by atoms with Gasteiger partial charge < -0.3 is 20.9 Å². The Labute approximate surface area is 124 Å². The zero-order valence-corrected chi connectivity index (χ0v) is 12.0. The van der Waals surface area contributed by atoms with Crippen LogP contribution in [-0.2, 0) is 4.79 Å². The molecule has 6 nitrogen and oxygen atoms in total. The van der Waals surface area contributed by atoms with Crippen LogP contribution in [0.3, 0.4) is 0 Å². The van der Waals surface area contributed by atoms with Crippen molar-refractivity contribution in [3.05, 3.63) is 29.8 Å². The zero-order valence-electron chi connectivity index (χ0n) is 12.0. The molecule has 1 rings (SSSR count). The van der Waals surface area contributed by atoms with E-state index in [4.69, 9.17) is 15.6 Å². The highest BCUT2D eigenvalue weighted by molar-refractivity contribution is 5.94. The summed E-state index contributed by atoms with van der Waals surface area (Å²) in [7, 11) is 0. The molecule has 6 heteroatoms. The third-order valence-electron chi connectivity index (χ3n) is 2.87. The largest absolute Gasteiger partial charge is 0.484 e. The minimum absolute atomic E-state index is 0.140. The summed E-state index contributed by atoms with van der Waals surface area (Å²) in [4.78, 5) is 22.4. The molecular formula is C15H22N2O4. The first kappa shape index (κ1) is 17.0. The van der Waals surface area contributed by atoms with E-state index in [-0.39, 0.29) is 19.1 Å². The van der Waals surface area contributed by atoms with E-state index in [0.717, 1.165) is 25.7 Å². The summed E-state index contributed by atoms with van der Waals surface area (Å²) in [6.45, 7) is 0.653. The van der Waals surface area contributed by atoms with E-state index in [0.29, 0.717) is 17.9 Å². The standard InChI is InChI=1S/C15H22N2O4/c16-14(19)11-21-13-7-5-12(6-8-13)15(20)17-9-3-1-2-4-10-18/h5-8,18H,1-4,9-11H2,(H2,16,19)(H,17,20). The van der Waals surface area contributed by atoms with E-state index in [1.165, 1.54) is 0 Å². The zero-order chi connectivity index (χ0) is 15.5. The molecule has 0 aliphatic rings. The van der Waals surface area contributed by atoms with Gasteiger partial charge in [0.1, 0.15) is 5.75 Å². The highest BCUT2D eigenvalue weighted by Crippen LogP contribution is 2.12. The van der Waals surface area contributed by atoms with Crippen LogP contribution in [0.2, 0.25) is 0 Å². The molecule has 0 heterocycles. The topological polar surface area (TPSA) is 102 Å². The Morgan fingerprint density at radius 1 is 1.10 bits per heavy atom. The fourth-order valence-corrected chi connectivity index (χ4v) is 1.75. The molecule has 1 aromatic rings. The van der Waals surface area contributed by atoms with E-state index in [1.807, 2.05) is 0 Å². The molecule has 1 aromatic carbocycles. The Bertz CT molecular complexity index is 445. The van der Waals surface area contributed by atoms with Crippen LogP contribution in [0.15, 0.2) is 24.3 Å². The predicted molar refractivity (Wildman–Crippen MR) is 79.0 cm³/mol. The average molecular weight is 294 g/mol. The van der Waals surface area contributed by atoms with Gasteiger partial charge in [0.25, 0.3) is 11.8 Å². The Morgan fingerprint density at radius 2 is 1.76 bits per heavy atom. The van der Waals surface area contributed by atoms with Gasteiger partial charge >= 0.3 is 0 Å². The molecule has 0 bridgehead atoms. The van der Waals surface area contributed by atoms with E-state index >= 15 is 0 Å². The van der Waals surface area contributed by atoms with Gasteiger partial charge in [0.2, 0.25) is 0 Å². The van der Waals surface area contributed by atoms with E-state index in [9.17, 15) is 9.59 Å². The Kier molecular flexibility index (Phi) is 7.89. The minimum Gasteiger partial charge on any atom is -0.484 e. The van der Waals surface area contributed by atoms with Gasteiger partial charge in [-0.2, -0.15) is 0 Å². The lowest BCUT2D eigenvalue weighted by Gasteiger charge is -2.07. The predicted octanol–water partition coefficient (Wildman–Crippen LogP) is 0.833. The number of benzene rings is 1. The van der Waals surface area contributed by atoms with Crippen LogP contribution in [0, 0.1) is 0 Å². The number of primary amides is 1. The van der Waals surface area contributed by atoms with Crippen molar-refractivity contribution in [2.45, 2.75) is 25.7 Å². The number of hydrogen-bond acceptors (Lipinski definition) is 4. The van der Waals surface area contributed by atoms with Crippen LogP contribution in [-0.4, -0.2) is 36.7 Å². The number of amides is 2. The molecule has 4 N–H and O–H groups in total. The smallest absolute Gasteiger partial charge is 0.255 e. The number of aliphatic hydroxyl groups is 1. The van der Waals surface area contributed by atoms with Crippen LogP contribution >= 0.6 is 0 Å². The molecule has 0 saturated heterocycles. The van der Waals surface area contributed by atoms with Crippen LogP contribution in [0.1, 0.15) is 36.0 Å². The fourth-order valence-electron chi connectivity index (χ4n) is 1.75. The molecule has 0 radical (unpaired) electrons. The summed E-state index contributed by atoms with van der Waals surface area (Å²) in [6.07, 6.45) is 3.66. The summed E-state index contributed by atoms with van der Waals surface area (Å²) >= 11 is 0. The number of aliphatic hydroxyl groups excluding tert-OH is 1. The third-order valence-corrected chi connectivity index (χ3v) is 2.87. The van der Waals surface area contributed by atoms with Gasteiger partial charge in [0.15, 0.2) is 6.61 Å². The maximum absolute atomic E-state index is 11.8. The molecule has 2 amide bonds. The molecule has 0 fully saturated rings. The van der Waals surface area contributed by atoms with Crippen LogP contribution in [0.25, 0.3) is 0 Å². The van der Waals surface area contributed by atoms with Gasteiger partial charge in [0.05, 0.1) is 0 Å². The Balaban J connectivity index is 2.29. The SMILES string of the molecule is NC(=O)COc1ccc(C(=O)NCCCCCCO)cc1. The first-order valence-corrected chi connectivity index (χ1v) is 7.03. The highest BCUT2D eigenvalue weighted by atomic mass is 16.5. The number of carbonyl (C=O) groups is 2. The normalized spacial score (nSPS) is 10.1. The first-order valence-electron chi connectivity index (χ1n) is 7.03. The summed E-state index contributed by atoms with van der Waals surface area (Å²) in [5, 5.41) is 11.5. The molecule has 0 spiro atoms. The molecule has 0 unspecified atom stereocenters. The van der Waals surface area contributed by atoms with Crippen LogP contribution in [0.5, 0.6) is 5.75 Å². The third kappa shape index (κ3) is 7.31. The van der Waals surface area contributed by atoms with Crippen molar-refractivity contribution in [1.29, 1.82) is 0 Å². The number of nitrogens with two attached hydrogens (primary N) is 1. The number of ether oxygens (including phenoxy) is 1. The van der Waals surface area contributed by atoms with Crippen molar-refractivity contribution in [3.63, 3.8) is 0 Å². The molecule has 0 aliphatic heterocycles. The molecule has 21 heavy (non-hydrogen) atoms. The Hall–Kier alpha value is -2.08. The minimum atomic E-state index is -0.544. The highest BCUT2D eigenvalue weighted by Gasteiger charge is 2.05. The summed E-state index contributed by atoms with van der Waals surface area (Å²) in [5.74, 6) is -0.189. The van der Waals surface area contributed by atoms with Crippen molar-refractivity contribution in [1.82, 2.24) is 5.32 Å². The van der Waals surface area contributed by atoms with Crippen molar-refractivity contribution in [2.24, 2.45) is 5.73 Å². The summed E-state index contributed by atoms with van der Waals surface area (Å²) in [5.41, 5.74) is 5.51. The lowest BCUT2D eigenvalue weighted by Crippen LogP contribution is -2.24. The maximum Gasteiger partial charge on any atom is 0.255 e. The quantitative estimate of drug-likeness (QED) is 0.556. The second-order valence-electron chi connectivity index (χ2n) is 4.67. The number of unbranched alkanes of at least 4 members (excludes halogenated alkanes) is 3. The molecule has 0 aromatic heterocycles. The summed E-state index contributed by atoms with van der Waals surface area (Å²) < 4.78 is 5.11. The van der Waals surface area contributed by atoms with Crippen LogP contribution in [0.4, 0.5) is 0 Å². The number of hydrogen-bond donors (Lipinski definition) is 3. The van der Waals surface area contributed by atoms with Gasteiger partial charge in [-0.25, -0.2) is 0 Å². The molecule has 0 atom stereocenters. The lowest BCUT2D eigenvalue weighted by molar-refractivity contribution is -0.119. The summed E-state index contributed by atoms with van der Waals surface area (Å²) in [6, 6.07) is 6.52. The van der Waals surface area contributed by atoms with Gasteiger partial charge in [0, 0.05) is 18.7 Å². The van der Waals surface area contributed by atoms with Gasteiger partial charge in [-0.15, -0.1) is 0 Å². The maximum atomic E-state index is 11.8. The monoisotopic (exact) mass is 294 g/mol. The average Bonchev–Trinajstić information content (AvgIpc) is 2.49. The van der Waals surface area contributed by atoms with E-state index in [2.05, 4.69) is 5.32 Å². The van der Waals surface area contributed by atoms with Gasteiger partial charge in [-0.1, -0.05) is 12.8 Å². The molecule has 0 aliphatic carbocycles. The van der Waals surface area contributed by atoms with Crippen molar-refractivity contribution in [3.8, 4) is 5.75 Å². The fraction of sp³-hybridized carbons (Fsp3) is 0.467. The van der Waals surface area contributed by atoms with Gasteiger partial charge in [-0.05, 0) is 37.1 Å². The molecule has 0 saturated carbocycles. The second kappa shape index (κ2) is 9.77. The van der Waals surface area contributed by atoms with Crippen molar-refractivity contribution < 1.29 is 19.4 Å². The first-order chi connectivity index (χ1) is 10.1. The van der Waals surface area contributed by atoms with E-state index < -0.39 is 5.91 Å². The van der Waals surface area contributed by atoms with Crippen molar-refractivity contribution in [2.75, 3.05) is 19.8 Å². The van der Waals surface area contributed by atoms with Gasteiger partial charge in [-0.3, -0.25) is 9.59 Å². The van der Waals surface area contributed by atoms with E-state index in [1.54, 1.807) is 24.3 Å².